The van der Waals surface area contributed by atoms with Gasteiger partial charge in [0.2, 0.25) is 0 Å². The lowest BCUT2D eigenvalue weighted by atomic mass is 10.1. The van der Waals surface area contributed by atoms with E-state index in [9.17, 15) is 13.8 Å². The normalized spacial score (nSPS) is 11.0. The molecule has 1 amide bonds. The first kappa shape index (κ1) is 21.7. The lowest BCUT2D eigenvalue weighted by Gasteiger charge is -2.04. The SMILES string of the molecule is Cc1ccc(C(=O)NCCCOS(=O)O)cc1.Cc1ccc(C=O)cc1. The summed E-state index contributed by atoms with van der Waals surface area (Å²) in [6.07, 6.45) is 1.34. The molecule has 0 aliphatic carbocycles. The fraction of sp³-hybridized carbons (Fsp3) is 0.263. The molecule has 6 nitrogen and oxygen atoms in total. The Kier molecular flexibility index (Phi) is 10.1. The van der Waals surface area contributed by atoms with E-state index in [1.807, 2.05) is 50.2 Å². The first-order valence-electron chi connectivity index (χ1n) is 8.03. The first-order valence-corrected chi connectivity index (χ1v) is 9.06. The standard InChI is InChI=1S/C11H15NO4S.C8H8O/c1-9-3-5-10(6-4-9)11(13)12-7-2-8-16-17(14)15;1-7-2-4-8(6-9)5-3-7/h3-6H,2,7-8H2,1H3,(H,12,13)(H,14,15);2-6H,1H3. The van der Waals surface area contributed by atoms with Crippen LogP contribution >= 0.6 is 0 Å². The van der Waals surface area contributed by atoms with Gasteiger partial charge < -0.3 is 5.32 Å². The Bertz CT molecular complexity index is 714. The molecular weight excluding hydrogens is 354 g/mol. The average molecular weight is 377 g/mol. The van der Waals surface area contributed by atoms with Gasteiger partial charge in [-0.2, -0.15) is 4.21 Å². The van der Waals surface area contributed by atoms with E-state index in [0.717, 1.165) is 17.4 Å². The maximum Gasteiger partial charge on any atom is 0.301 e. The number of carbonyl (C=O) groups excluding carboxylic acids is 2. The first-order chi connectivity index (χ1) is 12.4. The number of aryl methyl sites for hydroxylation is 2. The number of aldehydes is 1. The molecule has 0 aliphatic rings. The van der Waals surface area contributed by atoms with Gasteiger partial charge in [-0.1, -0.05) is 47.5 Å². The maximum absolute atomic E-state index is 11.6. The van der Waals surface area contributed by atoms with E-state index in [0.29, 0.717) is 18.5 Å². The van der Waals surface area contributed by atoms with Crippen LogP contribution in [0.15, 0.2) is 48.5 Å². The molecule has 0 spiro atoms. The second-order valence-electron chi connectivity index (χ2n) is 5.54. The van der Waals surface area contributed by atoms with Gasteiger partial charge in [-0.3, -0.25) is 18.3 Å². The molecule has 1 unspecified atom stereocenters. The summed E-state index contributed by atoms with van der Waals surface area (Å²) in [6, 6.07) is 14.7. The van der Waals surface area contributed by atoms with Crippen LogP contribution in [0.4, 0.5) is 0 Å². The van der Waals surface area contributed by atoms with E-state index < -0.39 is 11.4 Å². The fourth-order valence-corrected chi connectivity index (χ4v) is 2.12. The zero-order chi connectivity index (χ0) is 19.4. The molecule has 0 saturated carbocycles. The summed E-state index contributed by atoms with van der Waals surface area (Å²) >= 11 is -2.23. The lowest BCUT2D eigenvalue weighted by molar-refractivity contribution is 0.0951. The number of hydrogen-bond acceptors (Lipinski definition) is 4. The van der Waals surface area contributed by atoms with Crippen LogP contribution in [-0.4, -0.2) is 34.1 Å². The van der Waals surface area contributed by atoms with Crippen molar-refractivity contribution in [2.75, 3.05) is 13.2 Å². The maximum atomic E-state index is 11.6. The minimum atomic E-state index is -2.23. The zero-order valence-electron chi connectivity index (χ0n) is 14.8. The van der Waals surface area contributed by atoms with Gasteiger partial charge in [-0.25, -0.2) is 0 Å². The summed E-state index contributed by atoms with van der Waals surface area (Å²) in [4.78, 5) is 21.7. The Morgan fingerprint density at radius 1 is 1.08 bits per heavy atom. The van der Waals surface area contributed by atoms with Crippen molar-refractivity contribution >= 4 is 23.6 Å². The molecule has 0 bridgehead atoms. The van der Waals surface area contributed by atoms with E-state index in [1.54, 1.807) is 12.1 Å². The topological polar surface area (TPSA) is 92.7 Å². The average Bonchev–Trinajstić information content (AvgIpc) is 2.63. The summed E-state index contributed by atoms with van der Waals surface area (Å²) < 4.78 is 22.9. The Balaban J connectivity index is 0.000000314. The highest BCUT2D eigenvalue weighted by molar-refractivity contribution is 7.74. The molecule has 0 aromatic heterocycles. The third-order valence-electron chi connectivity index (χ3n) is 3.32. The van der Waals surface area contributed by atoms with Crippen LogP contribution < -0.4 is 5.32 Å². The molecule has 7 heteroatoms. The molecule has 2 rings (SSSR count). The van der Waals surface area contributed by atoms with Crippen LogP contribution in [0.3, 0.4) is 0 Å². The highest BCUT2D eigenvalue weighted by atomic mass is 32.2. The molecule has 0 aliphatic heterocycles. The molecule has 0 radical (unpaired) electrons. The minimum absolute atomic E-state index is 0.136. The Hall–Kier alpha value is -2.35. The monoisotopic (exact) mass is 377 g/mol. The van der Waals surface area contributed by atoms with Crippen molar-refractivity contribution in [3.8, 4) is 0 Å². The van der Waals surface area contributed by atoms with Gasteiger partial charge in [0, 0.05) is 17.7 Å². The van der Waals surface area contributed by atoms with Crippen molar-refractivity contribution < 1.29 is 22.5 Å². The molecule has 2 aromatic carbocycles. The number of benzene rings is 2. The van der Waals surface area contributed by atoms with Crippen molar-refractivity contribution in [3.63, 3.8) is 0 Å². The van der Waals surface area contributed by atoms with Crippen LogP contribution in [0.25, 0.3) is 0 Å². The summed E-state index contributed by atoms with van der Waals surface area (Å²) in [5, 5.41) is 2.69. The van der Waals surface area contributed by atoms with Gasteiger partial charge in [-0.05, 0) is 32.4 Å². The number of carbonyl (C=O) groups is 2. The molecule has 26 heavy (non-hydrogen) atoms. The number of nitrogens with one attached hydrogen (secondary N) is 1. The summed E-state index contributed by atoms with van der Waals surface area (Å²) in [5.74, 6) is -0.157. The van der Waals surface area contributed by atoms with E-state index in [4.69, 9.17) is 4.55 Å². The summed E-state index contributed by atoms with van der Waals surface area (Å²) in [7, 11) is 0. The fourth-order valence-electron chi connectivity index (χ4n) is 1.86. The van der Waals surface area contributed by atoms with Crippen LogP contribution in [0.2, 0.25) is 0 Å². The highest BCUT2D eigenvalue weighted by Gasteiger charge is 2.03. The Labute approximate surface area is 156 Å². The van der Waals surface area contributed by atoms with E-state index in [2.05, 4.69) is 9.50 Å². The van der Waals surface area contributed by atoms with E-state index in [-0.39, 0.29) is 12.5 Å². The summed E-state index contributed by atoms with van der Waals surface area (Å²) in [5.41, 5.74) is 3.61. The molecule has 0 saturated heterocycles. The molecule has 2 N–H and O–H groups in total. The molecule has 0 fully saturated rings. The van der Waals surface area contributed by atoms with Crippen LogP contribution in [-0.2, 0) is 15.5 Å². The Morgan fingerprint density at radius 2 is 1.62 bits per heavy atom. The van der Waals surface area contributed by atoms with Crippen molar-refractivity contribution in [2.45, 2.75) is 20.3 Å². The van der Waals surface area contributed by atoms with Crippen molar-refractivity contribution in [2.24, 2.45) is 0 Å². The molecule has 140 valence electrons. The van der Waals surface area contributed by atoms with Crippen LogP contribution in [0.5, 0.6) is 0 Å². The predicted molar refractivity (Wildman–Crippen MR) is 101 cm³/mol. The lowest BCUT2D eigenvalue weighted by Crippen LogP contribution is -2.25. The van der Waals surface area contributed by atoms with Crippen molar-refractivity contribution in [1.29, 1.82) is 0 Å². The smallest absolute Gasteiger partial charge is 0.301 e. The van der Waals surface area contributed by atoms with Gasteiger partial charge in [0.25, 0.3) is 5.91 Å². The van der Waals surface area contributed by atoms with Crippen LogP contribution in [0.1, 0.15) is 38.3 Å². The number of hydrogen-bond donors (Lipinski definition) is 2. The highest BCUT2D eigenvalue weighted by Crippen LogP contribution is 2.02. The molecule has 1 atom stereocenters. The zero-order valence-corrected chi connectivity index (χ0v) is 15.6. The van der Waals surface area contributed by atoms with E-state index >= 15 is 0 Å². The van der Waals surface area contributed by atoms with Crippen molar-refractivity contribution in [1.82, 2.24) is 5.32 Å². The van der Waals surface area contributed by atoms with Gasteiger partial charge in [0.1, 0.15) is 6.29 Å². The van der Waals surface area contributed by atoms with Gasteiger partial charge in [0.15, 0.2) is 0 Å². The van der Waals surface area contributed by atoms with E-state index in [1.165, 1.54) is 5.56 Å². The quantitative estimate of drug-likeness (QED) is 0.439. The number of rotatable bonds is 7. The predicted octanol–water partition coefficient (Wildman–Crippen LogP) is 3.08. The van der Waals surface area contributed by atoms with Gasteiger partial charge in [-0.15, -0.1) is 0 Å². The second-order valence-corrected chi connectivity index (χ2v) is 6.21. The Morgan fingerprint density at radius 3 is 2.12 bits per heavy atom. The molecule has 0 heterocycles. The summed E-state index contributed by atoms with van der Waals surface area (Å²) in [6.45, 7) is 4.49. The second kappa shape index (κ2) is 12.1. The molecule has 2 aromatic rings. The minimum Gasteiger partial charge on any atom is -0.352 e. The number of amides is 1. The van der Waals surface area contributed by atoms with Gasteiger partial charge >= 0.3 is 11.4 Å². The third-order valence-corrected chi connectivity index (χ3v) is 3.69. The largest absolute Gasteiger partial charge is 0.352 e. The van der Waals surface area contributed by atoms with Crippen molar-refractivity contribution in [3.05, 3.63) is 70.8 Å². The van der Waals surface area contributed by atoms with Crippen LogP contribution in [0, 0.1) is 13.8 Å². The molecular formula is C19H23NO5S. The van der Waals surface area contributed by atoms with Gasteiger partial charge in [0.05, 0.1) is 6.61 Å². The third kappa shape index (κ3) is 9.22.